The summed E-state index contributed by atoms with van der Waals surface area (Å²) in [6, 6.07) is 0. The van der Waals surface area contributed by atoms with Gasteiger partial charge in [0.05, 0.1) is 7.11 Å². The van der Waals surface area contributed by atoms with E-state index in [0.29, 0.717) is 11.8 Å². The predicted molar refractivity (Wildman–Crippen MR) is 63.1 cm³/mol. The minimum atomic E-state index is -0.630. The maximum absolute atomic E-state index is 11.7. The number of nitrogens with zero attached hydrogens (tertiary/aromatic N) is 2. The van der Waals surface area contributed by atoms with Gasteiger partial charge < -0.3 is 9.26 Å². The predicted octanol–water partition coefficient (Wildman–Crippen LogP) is 2.32. The molecule has 0 amide bonds. The monoisotopic (exact) mass is 250 g/mol. The number of ether oxygens (including phenoxy) is 1. The lowest BCUT2D eigenvalue weighted by atomic mass is 9.89. The van der Waals surface area contributed by atoms with Gasteiger partial charge in [-0.2, -0.15) is 4.98 Å². The van der Waals surface area contributed by atoms with Crippen LogP contribution in [-0.4, -0.2) is 23.2 Å². The molecule has 0 unspecified atom stereocenters. The van der Waals surface area contributed by atoms with Crippen molar-refractivity contribution in [3.8, 4) is 0 Å². The molecule has 5 heteroatoms. The van der Waals surface area contributed by atoms with Crippen LogP contribution in [0.1, 0.15) is 62.6 Å². The van der Waals surface area contributed by atoms with E-state index in [2.05, 4.69) is 10.1 Å². The zero-order chi connectivity index (χ0) is 12.6. The molecular weight excluding hydrogens is 232 g/mol. The van der Waals surface area contributed by atoms with E-state index in [9.17, 15) is 4.79 Å². The highest BCUT2D eigenvalue weighted by Crippen LogP contribution is 2.48. The number of rotatable bonds is 3. The van der Waals surface area contributed by atoms with Gasteiger partial charge in [-0.1, -0.05) is 24.4 Å². The second-order valence-corrected chi connectivity index (χ2v) is 5.37. The summed E-state index contributed by atoms with van der Waals surface area (Å²) in [7, 11) is 1.40. The average molecular weight is 250 g/mol. The number of carbonyl (C=O) groups is 1. The Hall–Kier alpha value is -1.39. The van der Waals surface area contributed by atoms with Crippen molar-refractivity contribution in [1.29, 1.82) is 0 Å². The van der Waals surface area contributed by atoms with Crippen molar-refractivity contribution >= 4 is 5.97 Å². The first-order valence-electron chi connectivity index (χ1n) is 6.69. The van der Waals surface area contributed by atoms with Gasteiger partial charge in [-0.3, -0.25) is 4.79 Å². The van der Waals surface area contributed by atoms with Crippen LogP contribution in [0.4, 0.5) is 0 Å². The van der Waals surface area contributed by atoms with Crippen LogP contribution in [0.5, 0.6) is 0 Å². The van der Waals surface area contributed by atoms with Gasteiger partial charge in [-0.25, -0.2) is 0 Å². The molecule has 2 aliphatic carbocycles. The van der Waals surface area contributed by atoms with E-state index in [1.54, 1.807) is 0 Å². The largest absolute Gasteiger partial charge is 0.468 e. The van der Waals surface area contributed by atoms with E-state index in [1.165, 1.54) is 26.4 Å². The number of aromatic nitrogens is 2. The van der Waals surface area contributed by atoms with Gasteiger partial charge in [0, 0.05) is 5.92 Å². The molecular formula is C13H18N2O3. The number of carbonyl (C=O) groups excluding carboxylic acids is 1. The molecule has 18 heavy (non-hydrogen) atoms. The highest BCUT2D eigenvalue weighted by atomic mass is 16.5. The summed E-state index contributed by atoms with van der Waals surface area (Å²) in [5.41, 5.74) is -0.630. The van der Waals surface area contributed by atoms with E-state index in [-0.39, 0.29) is 5.97 Å². The van der Waals surface area contributed by atoms with Gasteiger partial charge in [0.1, 0.15) is 5.41 Å². The molecule has 98 valence electrons. The average Bonchev–Trinajstić information content (AvgIpc) is 3.09. The standard InChI is InChI=1S/C13H18N2O3/c1-17-12(16)13(7-8-13)11-14-10(15-18-11)9-5-3-2-4-6-9/h9H,2-8H2,1H3. The maximum atomic E-state index is 11.7. The molecule has 0 bridgehead atoms. The van der Waals surface area contributed by atoms with Gasteiger partial charge in [-0.05, 0) is 25.7 Å². The molecule has 5 nitrogen and oxygen atoms in total. The molecule has 0 N–H and O–H groups in total. The molecule has 0 spiro atoms. The lowest BCUT2D eigenvalue weighted by molar-refractivity contribution is -0.144. The SMILES string of the molecule is COC(=O)C1(c2nc(C3CCCCC3)no2)CC1. The minimum Gasteiger partial charge on any atom is -0.468 e. The van der Waals surface area contributed by atoms with Crippen molar-refractivity contribution < 1.29 is 14.1 Å². The van der Waals surface area contributed by atoms with Crippen molar-refractivity contribution in [2.75, 3.05) is 7.11 Å². The highest BCUT2D eigenvalue weighted by molar-refractivity contribution is 5.85. The zero-order valence-corrected chi connectivity index (χ0v) is 10.6. The summed E-state index contributed by atoms with van der Waals surface area (Å²) < 4.78 is 10.1. The van der Waals surface area contributed by atoms with Gasteiger partial charge in [-0.15, -0.1) is 0 Å². The Balaban J connectivity index is 1.79. The van der Waals surface area contributed by atoms with Crippen LogP contribution in [0.15, 0.2) is 4.52 Å². The van der Waals surface area contributed by atoms with Crippen molar-refractivity contribution in [1.82, 2.24) is 10.1 Å². The molecule has 0 aliphatic heterocycles. The molecule has 1 aromatic rings. The molecule has 0 atom stereocenters. The quantitative estimate of drug-likeness (QED) is 0.770. The van der Waals surface area contributed by atoms with E-state index in [0.717, 1.165) is 31.5 Å². The Morgan fingerprint density at radius 1 is 1.33 bits per heavy atom. The normalized spacial score (nSPS) is 22.7. The third-order valence-electron chi connectivity index (χ3n) is 4.15. The van der Waals surface area contributed by atoms with E-state index in [4.69, 9.17) is 9.26 Å². The van der Waals surface area contributed by atoms with Crippen LogP contribution in [0.25, 0.3) is 0 Å². The molecule has 0 aromatic carbocycles. The first-order valence-corrected chi connectivity index (χ1v) is 6.69. The summed E-state index contributed by atoms with van der Waals surface area (Å²) in [6.45, 7) is 0. The minimum absolute atomic E-state index is 0.249. The van der Waals surface area contributed by atoms with Crippen LogP contribution >= 0.6 is 0 Å². The number of methoxy groups -OCH3 is 1. The first-order chi connectivity index (χ1) is 8.76. The molecule has 0 radical (unpaired) electrons. The Bertz CT molecular complexity index is 445. The summed E-state index contributed by atoms with van der Waals surface area (Å²) >= 11 is 0. The van der Waals surface area contributed by atoms with Crippen LogP contribution in [-0.2, 0) is 14.9 Å². The van der Waals surface area contributed by atoms with Gasteiger partial charge in [0.25, 0.3) is 0 Å². The lowest BCUT2D eigenvalue weighted by Crippen LogP contribution is -2.22. The van der Waals surface area contributed by atoms with E-state index >= 15 is 0 Å². The molecule has 0 saturated heterocycles. The van der Waals surface area contributed by atoms with Gasteiger partial charge >= 0.3 is 5.97 Å². The Kier molecular flexibility index (Phi) is 2.84. The summed E-state index contributed by atoms with van der Waals surface area (Å²) in [6.07, 6.45) is 7.53. The number of hydrogen-bond donors (Lipinski definition) is 0. The number of hydrogen-bond acceptors (Lipinski definition) is 5. The van der Waals surface area contributed by atoms with E-state index < -0.39 is 5.41 Å². The van der Waals surface area contributed by atoms with Crippen molar-refractivity contribution in [3.05, 3.63) is 11.7 Å². The summed E-state index contributed by atoms with van der Waals surface area (Å²) in [5.74, 6) is 1.39. The van der Waals surface area contributed by atoms with Crippen LogP contribution in [0, 0.1) is 0 Å². The maximum Gasteiger partial charge on any atom is 0.321 e. The van der Waals surface area contributed by atoms with Crippen molar-refractivity contribution in [2.45, 2.75) is 56.3 Å². The molecule has 3 rings (SSSR count). The van der Waals surface area contributed by atoms with Crippen LogP contribution < -0.4 is 0 Å². The molecule has 2 saturated carbocycles. The second-order valence-electron chi connectivity index (χ2n) is 5.37. The fourth-order valence-electron chi connectivity index (χ4n) is 2.78. The Morgan fingerprint density at radius 2 is 2.06 bits per heavy atom. The smallest absolute Gasteiger partial charge is 0.321 e. The zero-order valence-electron chi connectivity index (χ0n) is 10.6. The summed E-state index contributed by atoms with van der Waals surface area (Å²) in [4.78, 5) is 16.2. The fourth-order valence-corrected chi connectivity index (χ4v) is 2.78. The Morgan fingerprint density at radius 3 is 2.67 bits per heavy atom. The van der Waals surface area contributed by atoms with E-state index in [1.807, 2.05) is 0 Å². The molecule has 1 aromatic heterocycles. The first kappa shape index (κ1) is 11.7. The Labute approximate surface area is 106 Å². The molecule has 1 heterocycles. The molecule has 2 aliphatic rings. The second kappa shape index (κ2) is 4.37. The van der Waals surface area contributed by atoms with Gasteiger partial charge in [0.2, 0.25) is 5.89 Å². The topological polar surface area (TPSA) is 65.2 Å². The molecule has 2 fully saturated rings. The van der Waals surface area contributed by atoms with Crippen molar-refractivity contribution in [2.24, 2.45) is 0 Å². The van der Waals surface area contributed by atoms with Crippen molar-refractivity contribution in [3.63, 3.8) is 0 Å². The van der Waals surface area contributed by atoms with Crippen LogP contribution in [0.3, 0.4) is 0 Å². The lowest BCUT2D eigenvalue weighted by Gasteiger charge is -2.17. The van der Waals surface area contributed by atoms with Gasteiger partial charge in [0.15, 0.2) is 5.82 Å². The fraction of sp³-hybridized carbons (Fsp3) is 0.769. The third-order valence-corrected chi connectivity index (χ3v) is 4.15. The summed E-state index contributed by atoms with van der Waals surface area (Å²) in [5, 5.41) is 4.07. The highest BCUT2D eigenvalue weighted by Gasteiger charge is 2.57. The number of esters is 1. The van der Waals surface area contributed by atoms with Crippen LogP contribution in [0.2, 0.25) is 0 Å². The third kappa shape index (κ3) is 1.82.